The van der Waals surface area contributed by atoms with Crippen molar-refractivity contribution in [3.05, 3.63) is 0 Å². The molecule has 13 heavy (non-hydrogen) atoms. The zero-order valence-corrected chi connectivity index (χ0v) is 9.67. The summed E-state index contributed by atoms with van der Waals surface area (Å²) in [5, 5.41) is 0.157. The molecule has 0 aliphatic heterocycles. The van der Waals surface area contributed by atoms with Gasteiger partial charge in [-0.05, 0) is 0 Å². The lowest BCUT2D eigenvalue weighted by Crippen LogP contribution is -2.18. The molecule has 0 aromatic rings. The van der Waals surface area contributed by atoms with Gasteiger partial charge in [0.2, 0.25) is 0 Å². The molecule has 0 saturated carbocycles. The maximum absolute atomic E-state index is 10.6. The van der Waals surface area contributed by atoms with Crippen molar-refractivity contribution in [1.82, 2.24) is 0 Å². The molecule has 3 nitrogen and oxygen atoms in total. The number of hydrogen-bond donors (Lipinski definition) is 0. The molecule has 0 fully saturated rings. The highest BCUT2D eigenvalue weighted by molar-refractivity contribution is 8.14. The summed E-state index contributed by atoms with van der Waals surface area (Å²) in [5.74, 6) is 1.23. The van der Waals surface area contributed by atoms with Crippen LogP contribution in [0.4, 0.5) is 0 Å². The van der Waals surface area contributed by atoms with Crippen molar-refractivity contribution in [1.29, 1.82) is 0 Å². The molecule has 0 N–H and O–H groups in total. The smallest absolute Gasteiger partial charge is 0.185 e. The van der Waals surface area contributed by atoms with Gasteiger partial charge < -0.3 is 4.74 Å². The van der Waals surface area contributed by atoms with Crippen molar-refractivity contribution >= 4 is 33.8 Å². The fourth-order valence-corrected chi connectivity index (χ4v) is 2.10. The Morgan fingerprint density at radius 2 is 1.54 bits per heavy atom. The lowest BCUT2D eigenvalue weighted by Gasteiger charge is -2.11. The van der Waals surface area contributed by atoms with Crippen molar-refractivity contribution in [2.24, 2.45) is 0 Å². The largest absolute Gasteiger partial charge is 0.380 e. The summed E-state index contributed by atoms with van der Waals surface area (Å²) in [6.45, 7) is 3.05. The topological polar surface area (TPSA) is 43.4 Å². The van der Waals surface area contributed by atoms with Crippen molar-refractivity contribution in [3.8, 4) is 0 Å². The Bertz CT molecular complexity index is 164. The van der Waals surface area contributed by atoms with Crippen LogP contribution in [0.5, 0.6) is 0 Å². The van der Waals surface area contributed by atoms with Crippen molar-refractivity contribution < 1.29 is 14.3 Å². The van der Waals surface area contributed by atoms with E-state index in [1.807, 2.05) is 0 Å². The molecule has 0 aliphatic carbocycles. The first kappa shape index (κ1) is 13.0. The first-order valence-corrected chi connectivity index (χ1v) is 5.83. The molecule has 5 heteroatoms. The molecule has 0 bridgehead atoms. The SMILES string of the molecule is COC(CSC(C)=O)CSC(C)=O. The van der Waals surface area contributed by atoms with E-state index < -0.39 is 0 Å². The molecule has 0 heterocycles. The van der Waals surface area contributed by atoms with Crippen LogP contribution in [0.15, 0.2) is 0 Å². The second kappa shape index (κ2) is 7.41. The maximum Gasteiger partial charge on any atom is 0.185 e. The van der Waals surface area contributed by atoms with Crippen molar-refractivity contribution in [3.63, 3.8) is 0 Å². The van der Waals surface area contributed by atoms with Crippen LogP contribution in [0.1, 0.15) is 13.8 Å². The first-order chi connectivity index (χ1) is 6.06. The van der Waals surface area contributed by atoms with E-state index >= 15 is 0 Å². The summed E-state index contributed by atoms with van der Waals surface area (Å²) in [7, 11) is 1.59. The number of carbonyl (C=O) groups is 2. The molecule has 0 atom stereocenters. The van der Waals surface area contributed by atoms with E-state index in [0.717, 1.165) is 0 Å². The van der Waals surface area contributed by atoms with Crippen LogP contribution in [-0.4, -0.2) is 35.0 Å². The van der Waals surface area contributed by atoms with Crippen LogP contribution in [0, 0.1) is 0 Å². The van der Waals surface area contributed by atoms with E-state index in [-0.39, 0.29) is 16.3 Å². The molecular weight excluding hydrogens is 208 g/mol. The summed E-state index contributed by atoms with van der Waals surface area (Å²) in [5.41, 5.74) is 0. The molecule has 0 unspecified atom stereocenters. The van der Waals surface area contributed by atoms with E-state index in [0.29, 0.717) is 11.5 Å². The number of ether oxygens (including phenoxy) is 1. The fraction of sp³-hybridized carbons (Fsp3) is 0.750. The molecule has 0 spiro atoms. The Labute approximate surface area is 87.0 Å². The predicted octanol–water partition coefficient (Wildman–Crippen LogP) is 1.56. The van der Waals surface area contributed by atoms with Crippen LogP contribution in [0.3, 0.4) is 0 Å². The second-order valence-corrected chi connectivity index (χ2v) is 4.86. The van der Waals surface area contributed by atoms with Gasteiger partial charge in [0, 0.05) is 32.5 Å². The summed E-state index contributed by atoms with van der Waals surface area (Å²) in [6, 6.07) is 0. The minimum atomic E-state index is -0.0252. The van der Waals surface area contributed by atoms with Gasteiger partial charge in [0.1, 0.15) is 0 Å². The Kier molecular flexibility index (Phi) is 7.41. The zero-order valence-electron chi connectivity index (χ0n) is 8.03. The highest BCUT2D eigenvalue weighted by atomic mass is 32.2. The monoisotopic (exact) mass is 222 g/mol. The van der Waals surface area contributed by atoms with Gasteiger partial charge >= 0.3 is 0 Å². The van der Waals surface area contributed by atoms with Gasteiger partial charge in [0.15, 0.2) is 10.2 Å². The minimum absolute atomic E-state index is 0.0252. The van der Waals surface area contributed by atoms with Crippen LogP contribution < -0.4 is 0 Å². The fourth-order valence-electron chi connectivity index (χ4n) is 0.605. The van der Waals surface area contributed by atoms with Crippen molar-refractivity contribution in [2.75, 3.05) is 18.6 Å². The van der Waals surface area contributed by atoms with Gasteiger partial charge in [-0.25, -0.2) is 0 Å². The Hall–Kier alpha value is -0.0000000000000000555. The Morgan fingerprint density at radius 3 is 1.77 bits per heavy atom. The van der Waals surface area contributed by atoms with E-state index in [2.05, 4.69) is 0 Å². The summed E-state index contributed by atoms with van der Waals surface area (Å²) < 4.78 is 5.11. The molecular formula is C8H14O3S2. The minimum Gasteiger partial charge on any atom is -0.380 e. The Balaban J connectivity index is 3.63. The summed E-state index contributed by atoms with van der Waals surface area (Å²) in [6.07, 6.45) is -0.0252. The average Bonchev–Trinajstić information content (AvgIpc) is 2.04. The summed E-state index contributed by atoms with van der Waals surface area (Å²) >= 11 is 2.45. The van der Waals surface area contributed by atoms with Crippen LogP contribution >= 0.6 is 23.5 Å². The second-order valence-electron chi connectivity index (χ2n) is 2.46. The third-order valence-electron chi connectivity index (χ3n) is 1.28. The third-order valence-corrected chi connectivity index (χ3v) is 3.17. The normalized spacial score (nSPS) is 10.5. The lowest BCUT2D eigenvalue weighted by molar-refractivity contribution is -0.109. The molecule has 0 rings (SSSR count). The van der Waals surface area contributed by atoms with E-state index in [1.165, 1.54) is 37.4 Å². The van der Waals surface area contributed by atoms with E-state index in [1.54, 1.807) is 7.11 Å². The van der Waals surface area contributed by atoms with Gasteiger partial charge in [-0.15, -0.1) is 0 Å². The van der Waals surface area contributed by atoms with Gasteiger partial charge in [0.25, 0.3) is 0 Å². The highest BCUT2D eigenvalue weighted by Crippen LogP contribution is 2.12. The maximum atomic E-state index is 10.6. The first-order valence-electron chi connectivity index (χ1n) is 3.85. The molecule has 0 amide bonds. The quantitative estimate of drug-likeness (QED) is 0.706. The molecule has 0 aromatic heterocycles. The Morgan fingerprint density at radius 1 is 1.15 bits per heavy atom. The van der Waals surface area contributed by atoms with Gasteiger partial charge in [-0.2, -0.15) is 0 Å². The molecule has 0 saturated heterocycles. The van der Waals surface area contributed by atoms with Crippen LogP contribution in [0.2, 0.25) is 0 Å². The van der Waals surface area contributed by atoms with E-state index in [9.17, 15) is 9.59 Å². The molecule has 0 aromatic carbocycles. The standard InChI is InChI=1S/C8H14O3S2/c1-6(9)12-4-8(11-3)5-13-7(2)10/h8H,4-5H2,1-3H3. The van der Waals surface area contributed by atoms with Crippen LogP contribution in [0.25, 0.3) is 0 Å². The van der Waals surface area contributed by atoms with Gasteiger partial charge in [-0.1, -0.05) is 23.5 Å². The number of hydrogen-bond acceptors (Lipinski definition) is 5. The predicted molar refractivity (Wildman–Crippen MR) is 57.1 cm³/mol. The number of rotatable bonds is 5. The summed E-state index contributed by atoms with van der Waals surface area (Å²) in [4.78, 5) is 21.3. The van der Waals surface area contributed by atoms with Crippen LogP contribution in [-0.2, 0) is 14.3 Å². The third kappa shape index (κ3) is 8.33. The van der Waals surface area contributed by atoms with Crippen molar-refractivity contribution in [2.45, 2.75) is 20.0 Å². The lowest BCUT2D eigenvalue weighted by atomic mass is 10.5. The highest BCUT2D eigenvalue weighted by Gasteiger charge is 2.10. The zero-order chi connectivity index (χ0) is 10.3. The molecule has 0 radical (unpaired) electrons. The van der Waals surface area contributed by atoms with E-state index in [4.69, 9.17) is 4.74 Å². The number of carbonyl (C=O) groups excluding carboxylic acids is 2. The van der Waals surface area contributed by atoms with Gasteiger partial charge in [-0.3, -0.25) is 9.59 Å². The van der Waals surface area contributed by atoms with Gasteiger partial charge in [0.05, 0.1) is 6.10 Å². The number of methoxy groups -OCH3 is 1. The average molecular weight is 222 g/mol. The molecule has 0 aliphatic rings. The molecule has 76 valence electrons. The number of thioether (sulfide) groups is 2.